The van der Waals surface area contributed by atoms with Crippen molar-refractivity contribution in [3.05, 3.63) is 28.5 Å². The van der Waals surface area contributed by atoms with Gasteiger partial charge in [0.15, 0.2) is 0 Å². The van der Waals surface area contributed by atoms with E-state index in [2.05, 4.69) is 26.2 Å². The van der Waals surface area contributed by atoms with E-state index in [4.69, 9.17) is 10.8 Å². The lowest BCUT2D eigenvalue weighted by atomic mass is 10.2. The number of nitrogens with two attached hydrogens (primary N) is 1. The molecule has 1 rings (SSSR count). The van der Waals surface area contributed by atoms with Crippen molar-refractivity contribution in [1.82, 2.24) is 10.3 Å². The first-order chi connectivity index (χ1) is 7.50. The molecule has 6 heteroatoms. The van der Waals surface area contributed by atoms with Gasteiger partial charge in [-0.25, -0.2) is 0 Å². The van der Waals surface area contributed by atoms with Gasteiger partial charge in [0, 0.05) is 29.5 Å². The number of carbonyl (C=O) groups excluding carboxylic acids is 1. The summed E-state index contributed by atoms with van der Waals surface area (Å²) in [5.41, 5.74) is 6.03. The number of pyridine rings is 1. The molecule has 0 aliphatic heterocycles. The van der Waals surface area contributed by atoms with Gasteiger partial charge in [-0.2, -0.15) is 0 Å². The van der Waals surface area contributed by atoms with Gasteiger partial charge in [0.1, 0.15) is 0 Å². The van der Waals surface area contributed by atoms with E-state index in [0.29, 0.717) is 5.56 Å². The summed E-state index contributed by atoms with van der Waals surface area (Å²) in [5, 5.41) is 11.8. The molecule has 0 aliphatic rings. The molecular formula is C10H14BrN3O2. The van der Waals surface area contributed by atoms with Gasteiger partial charge in [0.25, 0.3) is 5.91 Å². The summed E-state index contributed by atoms with van der Waals surface area (Å²) < 4.78 is 0.736. The summed E-state index contributed by atoms with van der Waals surface area (Å²) in [6.07, 6.45) is 2.41. The van der Waals surface area contributed by atoms with Crippen molar-refractivity contribution in [3.8, 4) is 0 Å². The minimum atomic E-state index is -0.652. The van der Waals surface area contributed by atoms with Crippen LogP contribution in [0.4, 0.5) is 0 Å². The number of amides is 1. The van der Waals surface area contributed by atoms with Crippen LogP contribution in [0.5, 0.6) is 0 Å². The lowest BCUT2D eigenvalue weighted by molar-refractivity contribution is 0.0937. The Morgan fingerprint density at radius 3 is 2.94 bits per heavy atom. The van der Waals surface area contributed by atoms with Gasteiger partial charge in [-0.3, -0.25) is 9.78 Å². The molecule has 0 saturated carbocycles. The second-order valence-corrected chi connectivity index (χ2v) is 4.42. The fraction of sp³-hybridized carbons (Fsp3) is 0.400. The molecule has 5 nitrogen and oxygen atoms in total. The van der Waals surface area contributed by atoms with E-state index >= 15 is 0 Å². The Balaban J connectivity index is 2.53. The number of nitrogens with one attached hydrogen (secondary N) is 1. The third-order valence-corrected chi connectivity index (χ3v) is 2.52. The second kappa shape index (κ2) is 5.93. The maximum Gasteiger partial charge on any atom is 0.252 e. The molecule has 0 aromatic carbocycles. The molecule has 1 aromatic heterocycles. The van der Waals surface area contributed by atoms with Crippen molar-refractivity contribution in [1.29, 1.82) is 0 Å². The smallest absolute Gasteiger partial charge is 0.252 e. The number of rotatable bonds is 4. The van der Waals surface area contributed by atoms with Crippen LogP contribution in [-0.2, 0) is 0 Å². The SMILES string of the molecule is CC(O)C(N)CNC(=O)c1cncc(Br)c1. The minimum absolute atomic E-state index is 0.225. The van der Waals surface area contributed by atoms with Crippen LogP contribution >= 0.6 is 15.9 Å². The van der Waals surface area contributed by atoms with Crippen molar-refractivity contribution in [2.24, 2.45) is 5.73 Å². The van der Waals surface area contributed by atoms with Crippen molar-refractivity contribution in [3.63, 3.8) is 0 Å². The Labute approximate surface area is 102 Å². The molecule has 1 amide bonds. The van der Waals surface area contributed by atoms with E-state index in [1.807, 2.05) is 0 Å². The molecule has 0 saturated heterocycles. The topological polar surface area (TPSA) is 88.2 Å². The average molecular weight is 288 g/mol. The highest BCUT2D eigenvalue weighted by Crippen LogP contribution is 2.09. The van der Waals surface area contributed by atoms with Crippen LogP contribution in [0.3, 0.4) is 0 Å². The first-order valence-electron chi connectivity index (χ1n) is 4.83. The number of aliphatic hydroxyl groups is 1. The van der Waals surface area contributed by atoms with Crippen molar-refractivity contribution >= 4 is 21.8 Å². The lowest BCUT2D eigenvalue weighted by Crippen LogP contribution is -2.43. The predicted molar refractivity (Wildman–Crippen MR) is 63.9 cm³/mol. The summed E-state index contributed by atoms with van der Waals surface area (Å²) in [6.45, 7) is 1.81. The number of aliphatic hydroxyl groups excluding tert-OH is 1. The van der Waals surface area contributed by atoms with Crippen LogP contribution in [0, 0.1) is 0 Å². The van der Waals surface area contributed by atoms with Crippen LogP contribution in [0.25, 0.3) is 0 Å². The van der Waals surface area contributed by atoms with Gasteiger partial charge >= 0.3 is 0 Å². The van der Waals surface area contributed by atoms with E-state index in [1.54, 1.807) is 19.2 Å². The average Bonchev–Trinajstić information content (AvgIpc) is 2.25. The maximum absolute atomic E-state index is 11.6. The molecule has 0 fully saturated rings. The molecular weight excluding hydrogens is 274 g/mol. The minimum Gasteiger partial charge on any atom is -0.392 e. The summed E-state index contributed by atoms with van der Waals surface area (Å²) in [4.78, 5) is 15.5. The number of nitrogens with zero attached hydrogens (tertiary/aromatic N) is 1. The molecule has 16 heavy (non-hydrogen) atoms. The van der Waals surface area contributed by atoms with Gasteiger partial charge in [0.2, 0.25) is 0 Å². The highest BCUT2D eigenvalue weighted by molar-refractivity contribution is 9.10. The Morgan fingerprint density at radius 1 is 1.69 bits per heavy atom. The molecule has 2 atom stereocenters. The van der Waals surface area contributed by atoms with E-state index in [0.717, 1.165) is 4.47 Å². The van der Waals surface area contributed by atoms with E-state index in [1.165, 1.54) is 6.20 Å². The number of hydrogen-bond donors (Lipinski definition) is 3. The quantitative estimate of drug-likeness (QED) is 0.742. The second-order valence-electron chi connectivity index (χ2n) is 3.51. The summed E-state index contributed by atoms with van der Waals surface area (Å²) in [5.74, 6) is -0.259. The molecule has 4 N–H and O–H groups in total. The summed E-state index contributed by atoms with van der Waals surface area (Å²) in [6, 6.07) is 1.19. The number of halogens is 1. The zero-order valence-corrected chi connectivity index (χ0v) is 10.4. The highest BCUT2D eigenvalue weighted by Gasteiger charge is 2.12. The number of aromatic nitrogens is 1. The van der Waals surface area contributed by atoms with Gasteiger partial charge in [-0.15, -0.1) is 0 Å². The lowest BCUT2D eigenvalue weighted by Gasteiger charge is -2.15. The summed E-state index contributed by atoms with van der Waals surface area (Å²) in [7, 11) is 0. The summed E-state index contributed by atoms with van der Waals surface area (Å²) >= 11 is 3.23. The molecule has 0 spiro atoms. The molecule has 0 aliphatic carbocycles. The Morgan fingerprint density at radius 2 is 2.38 bits per heavy atom. The van der Waals surface area contributed by atoms with Crippen LogP contribution in [0.1, 0.15) is 17.3 Å². The molecule has 0 bridgehead atoms. The highest BCUT2D eigenvalue weighted by atomic mass is 79.9. The van der Waals surface area contributed by atoms with Gasteiger partial charge in [-0.05, 0) is 28.9 Å². The van der Waals surface area contributed by atoms with Gasteiger partial charge < -0.3 is 16.2 Å². The predicted octanol–water partition coefficient (Wildman–Crippen LogP) is 0.282. The van der Waals surface area contributed by atoms with Crippen molar-refractivity contribution < 1.29 is 9.90 Å². The number of hydrogen-bond acceptors (Lipinski definition) is 4. The van der Waals surface area contributed by atoms with Crippen LogP contribution < -0.4 is 11.1 Å². The maximum atomic E-state index is 11.6. The Hall–Kier alpha value is -0.980. The Bertz CT molecular complexity index is 371. The number of carbonyl (C=O) groups is 1. The van der Waals surface area contributed by atoms with E-state index in [9.17, 15) is 4.79 Å². The molecule has 2 unspecified atom stereocenters. The third-order valence-electron chi connectivity index (χ3n) is 2.09. The molecule has 1 aromatic rings. The Kier molecular flexibility index (Phi) is 4.85. The molecule has 1 heterocycles. The monoisotopic (exact) mass is 287 g/mol. The zero-order valence-electron chi connectivity index (χ0n) is 8.85. The van der Waals surface area contributed by atoms with E-state index in [-0.39, 0.29) is 12.5 Å². The fourth-order valence-corrected chi connectivity index (χ4v) is 1.38. The zero-order chi connectivity index (χ0) is 12.1. The first kappa shape index (κ1) is 13.1. The van der Waals surface area contributed by atoms with E-state index < -0.39 is 12.1 Å². The van der Waals surface area contributed by atoms with Crippen LogP contribution in [-0.4, -0.2) is 34.7 Å². The van der Waals surface area contributed by atoms with Crippen molar-refractivity contribution in [2.45, 2.75) is 19.1 Å². The van der Waals surface area contributed by atoms with Crippen molar-refractivity contribution in [2.75, 3.05) is 6.54 Å². The fourth-order valence-electron chi connectivity index (χ4n) is 1.02. The van der Waals surface area contributed by atoms with Crippen LogP contribution in [0.15, 0.2) is 22.9 Å². The van der Waals surface area contributed by atoms with Gasteiger partial charge in [0.05, 0.1) is 11.7 Å². The van der Waals surface area contributed by atoms with Crippen LogP contribution in [0.2, 0.25) is 0 Å². The first-order valence-corrected chi connectivity index (χ1v) is 5.62. The van der Waals surface area contributed by atoms with Gasteiger partial charge in [-0.1, -0.05) is 0 Å². The third kappa shape index (κ3) is 3.88. The standard InChI is InChI=1S/C10H14BrN3O2/c1-6(15)9(12)5-14-10(16)7-2-8(11)4-13-3-7/h2-4,6,9,15H,5,12H2,1H3,(H,14,16). The molecule has 0 radical (unpaired) electrons. The normalized spacial score (nSPS) is 14.2. The largest absolute Gasteiger partial charge is 0.392 e. The molecule has 88 valence electrons.